The number of halogens is 2. The lowest BCUT2D eigenvalue weighted by atomic mass is 10.0. The molecule has 1 atom stereocenters. The molecule has 0 aromatic heterocycles. The van der Waals surface area contributed by atoms with E-state index in [0.717, 1.165) is 27.5 Å². The fraction of sp³-hybridized carbons (Fsp3) is 0.294. The average molecular weight is 395 g/mol. The van der Waals surface area contributed by atoms with Crippen molar-refractivity contribution >= 4 is 37.5 Å². The van der Waals surface area contributed by atoms with E-state index in [-0.39, 0.29) is 0 Å². The van der Waals surface area contributed by atoms with Crippen molar-refractivity contribution in [1.29, 1.82) is 0 Å². The van der Waals surface area contributed by atoms with Crippen molar-refractivity contribution in [3.63, 3.8) is 0 Å². The number of hydrogen-bond acceptors (Lipinski definition) is 1. The maximum absolute atomic E-state index is 3.69. The minimum absolute atomic E-state index is 0.403. The van der Waals surface area contributed by atoms with Gasteiger partial charge >= 0.3 is 0 Å². The molecule has 1 aliphatic rings. The van der Waals surface area contributed by atoms with Crippen molar-refractivity contribution < 1.29 is 0 Å². The maximum atomic E-state index is 3.69. The van der Waals surface area contributed by atoms with Gasteiger partial charge in [-0.15, -0.1) is 0 Å². The Labute approximate surface area is 137 Å². The zero-order chi connectivity index (χ0) is 14.3. The number of hydrogen-bond donors (Lipinski definition) is 1. The van der Waals surface area contributed by atoms with Crippen LogP contribution >= 0.6 is 31.9 Å². The summed E-state index contributed by atoms with van der Waals surface area (Å²) >= 11 is 7.33. The van der Waals surface area contributed by atoms with Crippen molar-refractivity contribution in [2.75, 3.05) is 5.32 Å². The Hall–Kier alpha value is -0.800. The molecule has 0 amide bonds. The summed E-state index contributed by atoms with van der Waals surface area (Å²) in [4.78, 5) is 0. The van der Waals surface area contributed by atoms with Crippen LogP contribution in [0.2, 0.25) is 0 Å². The predicted octanol–water partition coefficient (Wildman–Crippen LogP) is 5.93. The summed E-state index contributed by atoms with van der Waals surface area (Å²) in [6, 6.07) is 11.5. The Morgan fingerprint density at radius 2 is 1.70 bits per heavy atom. The molecule has 1 aliphatic carbocycles. The number of fused-ring (bicyclic) bond motifs is 1. The molecule has 1 unspecified atom stereocenters. The number of nitrogens with one attached hydrogen (secondary N) is 1. The van der Waals surface area contributed by atoms with Crippen LogP contribution in [-0.4, -0.2) is 0 Å². The first-order valence-corrected chi connectivity index (χ1v) is 8.45. The molecular formula is C17H17Br2N. The summed E-state index contributed by atoms with van der Waals surface area (Å²) in [6.45, 7) is 4.26. The molecule has 0 fully saturated rings. The summed E-state index contributed by atoms with van der Waals surface area (Å²) in [6.07, 6.45) is 2.32. The molecule has 1 N–H and O–H groups in total. The molecule has 0 aliphatic heterocycles. The Bertz CT molecular complexity index is 641. The van der Waals surface area contributed by atoms with Crippen molar-refractivity contribution in [3.05, 3.63) is 61.5 Å². The highest BCUT2D eigenvalue weighted by Gasteiger charge is 2.23. The second kappa shape index (κ2) is 5.53. The molecule has 104 valence electrons. The third-order valence-electron chi connectivity index (χ3n) is 3.88. The zero-order valence-electron chi connectivity index (χ0n) is 11.6. The van der Waals surface area contributed by atoms with E-state index < -0.39 is 0 Å². The SMILES string of the molecule is Cc1cc(Br)c(NC2CCc3ccc(C)cc32)c(Br)c1. The molecule has 2 aromatic rings. The van der Waals surface area contributed by atoms with Crippen molar-refractivity contribution in [2.45, 2.75) is 32.7 Å². The smallest absolute Gasteiger partial charge is 0.0634 e. The van der Waals surface area contributed by atoms with Crippen LogP contribution in [-0.2, 0) is 6.42 Å². The van der Waals surface area contributed by atoms with Crippen LogP contribution < -0.4 is 5.32 Å². The first-order chi connectivity index (χ1) is 9.54. The molecule has 3 rings (SSSR count). The van der Waals surface area contributed by atoms with Gasteiger partial charge in [-0.2, -0.15) is 0 Å². The molecule has 1 nitrogen and oxygen atoms in total. The van der Waals surface area contributed by atoms with Gasteiger partial charge in [-0.3, -0.25) is 0 Å². The van der Waals surface area contributed by atoms with Crippen LogP contribution in [0.5, 0.6) is 0 Å². The largest absolute Gasteiger partial charge is 0.376 e. The van der Waals surface area contributed by atoms with Gasteiger partial charge in [0.05, 0.1) is 11.7 Å². The molecule has 3 heteroatoms. The van der Waals surface area contributed by atoms with Crippen molar-refractivity contribution in [2.24, 2.45) is 0 Å². The van der Waals surface area contributed by atoms with E-state index in [1.54, 1.807) is 0 Å². The molecule has 0 saturated carbocycles. The summed E-state index contributed by atoms with van der Waals surface area (Å²) in [5.74, 6) is 0. The highest BCUT2D eigenvalue weighted by atomic mass is 79.9. The van der Waals surface area contributed by atoms with Gasteiger partial charge in [-0.05, 0) is 87.4 Å². The fourth-order valence-electron chi connectivity index (χ4n) is 2.88. The van der Waals surface area contributed by atoms with Gasteiger partial charge in [0.2, 0.25) is 0 Å². The van der Waals surface area contributed by atoms with Gasteiger partial charge in [0.15, 0.2) is 0 Å². The Balaban J connectivity index is 1.93. The summed E-state index contributed by atoms with van der Waals surface area (Å²) in [7, 11) is 0. The quantitative estimate of drug-likeness (QED) is 0.665. The van der Waals surface area contributed by atoms with Gasteiger partial charge in [0, 0.05) is 8.95 Å². The van der Waals surface area contributed by atoms with Gasteiger partial charge in [0.1, 0.15) is 0 Å². The van der Waals surface area contributed by atoms with E-state index in [9.17, 15) is 0 Å². The second-order valence-electron chi connectivity index (χ2n) is 5.54. The lowest BCUT2D eigenvalue weighted by Crippen LogP contribution is -2.08. The highest BCUT2D eigenvalue weighted by Crippen LogP contribution is 2.39. The lowest BCUT2D eigenvalue weighted by molar-refractivity contribution is 0.760. The predicted molar refractivity (Wildman–Crippen MR) is 92.4 cm³/mol. The van der Waals surface area contributed by atoms with E-state index in [0.29, 0.717) is 6.04 Å². The number of rotatable bonds is 2. The molecule has 2 aromatic carbocycles. The molecule has 20 heavy (non-hydrogen) atoms. The Morgan fingerprint density at radius 3 is 2.40 bits per heavy atom. The first-order valence-electron chi connectivity index (χ1n) is 6.86. The number of anilines is 1. The standard InChI is InChI=1S/C17H17Br2N/c1-10-3-4-12-5-6-16(13(12)7-10)20-17-14(18)8-11(2)9-15(17)19/h3-4,7-9,16,20H,5-6H2,1-2H3. The minimum Gasteiger partial charge on any atom is -0.376 e. The molecular weight excluding hydrogens is 378 g/mol. The van der Waals surface area contributed by atoms with E-state index in [1.165, 1.54) is 22.3 Å². The summed E-state index contributed by atoms with van der Waals surface area (Å²) < 4.78 is 2.23. The normalized spacial score (nSPS) is 17.1. The van der Waals surface area contributed by atoms with Crippen molar-refractivity contribution in [1.82, 2.24) is 0 Å². The lowest BCUT2D eigenvalue weighted by Gasteiger charge is -2.19. The topological polar surface area (TPSA) is 12.0 Å². The molecule has 0 bridgehead atoms. The summed E-state index contributed by atoms with van der Waals surface area (Å²) in [5, 5.41) is 3.69. The second-order valence-corrected chi connectivity index (χ2v) is 7.25. The first kappa shape index (κ1) is 14.2. The van der Waals surface area contributed by atoms with Crippen molar-refractivity contribution in [3.8, 4) is 0 Å². The fourth-order valence-corrected chi connectivity index (χ4v) is 4.53. The number of aryl methyl sites for hydroxylation is 3. The monoisotopic (exact) mass is 393 g/mol. The molecule has 0 radical (unpaired) electrons. The third kappa shape index (κ3) is 2.66. The van der Waals surface area contributed by atoms with E-state index >= 15 is 0 Å². The van der Waals surface area contributed by atoms with E-state index in [1.807, 2.05) is 0 Å². The van der Waals surface area contributed by atoms with E-state index in [2.05, 4.69) is 81.4 Å². The zero-order valence-corrected chi connectivity index (χ0v) is 14.8. The third-order valence-corrected chi connectivity index (χ3v) is 5.13. The van der Waals surface area contributed by atoms with Gasteiger partial charge in [-0.25, -0.2) is 0 Å². The summed E-state index contributed by atoms with van der Waals surface area (Å²) in [5.41, 5.74) is 6.66. The van der Waals surface area contributed by atoms with E-state index in [4.69, 9.17) is 0 Å². The number of benzene rings is 2. The van der Waals surface area contributed by atoms with Gasteiger partial charge < -0.3 is 5.32 Å². The minimum atomic E-state index is 0.403. The molecule has 0 spiro atoms. The Morgan fingerprint density at radius 1 is 1.00 bits per heavy atom. The van der Waals surface area contributed by atoms with Crippen LogP contribution in [0.15, 0.2) is 39.3 Å². The van der Waals surface area contributed by atoms with Crippen LogP contribution in [0.1, 0.15) is 34.7 Å². The molecule has 0 saturated heterocycles. The van der Waals surface area contributed by atoms with Gasteiger partial charge in [-0.1, -0.05) is 23.8 Å². The van der Waals surface area contributed by atoms with Crippen LogP contribution in [0.3, 0.4) is 0 Å². The maximum Gasteiger partial charge on any atom is 0.0634 e. The van der Waals surface area contributed by atoms with Gasteiger partial charge in [0.25, 0.3) is 0 Å². The highest BCUT2D eigenvalue weighted by molar-refractivity contribution is 9.11. The van der Waals surface area contributed by atoms with Crippen LogP contribution in [0.4, 0.5) is 5.69 Å². The Kier molecular flexibility index (Phi) is 3.91. The molecule has 0 heterocycles. The average Bonchev–Trinajstić information content (AvgIpc) is 2.76. The van der Waals surface area contributed by atoms with Crippen LogP contribution in [0, 0.1) is 13.8 Å². The van der Waals surface area contributed by atoms with Crippen LogP contribution in [0.25, 0.3) is 0 Å².